The van der Waals surface area contributed by atoms with Crippen molar-refractivity contribution in [2.45, 2.75) is 25.3 Å². The summed E-state index contributed by atoms with van der Waals surface area (Å²) < 4.78 is 31.3. The van der Waals surface area contributed by atoms with Crippen molar-refractivity contribution in [3.05, 3.63) is 34.9 Å². The molecule has 0 bridgehead atoms. The second kappa shape index (κ2) is 5.70. The average Bonchev–Trinajstić information content (AvgIpc) is 3.05. The number of H-pyrrole nitrogens is 2. The van der Waals surface area contributed by atoms with E-state index in [0.29, 0.717) is 0 Å². The van der Waals surface area contributed by atoms with Gasteiger partial charge in [0, 0.05) is 24.0 Å². The Balaban J connectivity index is 2.15. The predicted molar refractivity (Wildman–Crippen MR) is 74.2 cm³/mol. The maximum atomic E-state index is 12.2. The van der Waals surface area contributed by atoms with Gasteiger partial charge in [-0.1, -0.05) is 0 Å². The Hall–Kier alpha value is -2.13. The molecule has 2 heterocycles. The monoisotopic (exact) mass is 312 g/mol. The summed E-state index contributed by atoms with van der Waals surface area (Å²) in [6.07, 6.45) is 1.24. The molecule has 0 aliphatic rings. The number of sulfonamides is 1. The lowest BCUT2D eigenvalue weighted by Crippen LogP contribution is -2.23. The lowest BCUT2D eigenvalue weighted by molar-refractivity contribution is 0.0595. The van der Waals surface area contributed by atoms with E-state index in [2.05, 4.69) is 24.6 Å². The van der Waals surface area contributed by atoms with Crippen molar-refractivity contribution in [3.8, 4) is 0 Å². The molecule has 0 unspecified atom stereocenters. The Morgan fingerprint density at radius 2 is 2.14 bits per heavy atom. The van der Waals surface area contributed by atoms with E-state index in [0.717, 1.165) is 17.0 Å². The number of nitrogens with one attached hydrogen (secondary N) is 3. The van der Waals surface area contributed by atoms with Gasteiger partial charge in [-0.25, -0.2) is 17.9 Å². The summed E-state index contributed by atoms with van der Waals surface area (Å²) in [7, 11) is -2.50. The Morgan fingerprint density at radius 1 is 1.43 bits per heavy atom. The third-order valence-electron chi connectivity index (χ3n) is 3.09. The van der Waals surface area contributed by atoms with Gasteiger partial charge >= 0.3 is 5.97 Å². The highest BCUT2D eigenvalue weighted by Gasteiger charge is 2.19. The van der Waals surface area contributed by atoms with Crippen molar-refractivity contribution in [2.75, 3.05) is 7.11 Å². The SMILES string of the molecule is COC(=O)c1cc(S(=O)(=O)NCc2c(C)n[nH]c2C)c[nH]1. The number of esters is 1. The number of nitrogens with zero attached hydrogens (tertiary/aromatic N) is 1. The summed E-state index contributed by atoms with van der Waals surface area (Å²) in [5.41, 5.74) is 2.41. The third-order valence-corrected chi connectivity index (χ3v) is 4.47. The highest BCUT2D eigenvalue weighted by molar-refractivity contribution is 7.89. The number of methoxy groups -OCH3 is 1. The number of aromatic nitrogens is 3. The maximum Gasteiger partial charge on any atom is 0.354 e. The van der Waals surface area contributed by atoms with E-state index < -0.39 is 16.0 Å². The first-order chi connectivity index (χ1) is 9.85. The molecule has 2 rings (SSSR count). The second-order valence-corrected chi connectivity index (χ2v) is 6.24. The molecule has 0 atom stereocenters. The van der Waals surface area contributed by atoms with Crippen LogP contribution in [0.5, 0.6) is 0 Å². The van der Waals surface area contributed by atoms with E-state index in [1.807, 2.05) is 6.92 Å². The van der Waals surface area contributed by atoms with Gasteiger partial charge in [-0.05, 0) is 19.9 Å². The summed E-state index contributed by atoms with van der Waals surface area (Å²) in [4.78, 5) is 13.8. The van der Waals surface area contributed by atoms with Gasteiger partial charge in [0.25, 0.3) is 0 Å². The number of hydrogen-bond acceptors (Lipinski definition) is 5. The van der Waals surface area contributed by atoms with Crippen LogP contribution in [0.2, 0.25) is 0 Å². The van der Waals surface area contributed by atoms with Crippen LogP contribution in [0, 0.1) is 13.8 Å². The first-order valence-corrected chi connectivity index (χ1v) is 7.60. The normalized spacial score (nSPS) is 11.6. The van der Waals surface area contributed by atoms with E-state index >= 15 is 0 Å². The highest BCUT2D eigenvalue weighted by atomic mass is 32.2. The van der Waals surface area contributed by atoms with E-state index in [9.17, 15) is 13.2 Å². The minimum absolute atomic E-state index is 0.0262. The molecule has 0 aromatic carbocycles. The molecular formula is C12H16N4O4S. The first-order valence-electron chi connectivity index (χ1n) is 6.12. The Labute approximate surface area is 122 Å². The van der Waals surface area contributed by atoms with Crippen LogP contribution in [0.25, 0.3) is 0 Å². The molecule has 9 heteroatoms. The van der Waals surface area contributed by atoms with Gasteiger partial charge in [-0.15, -0.1) is 0 Å². The van der Waals surface area contributed by atoms with Gasteiger partial charge in [0.05, 0.1) is 12.8 Å². The molecule has 0 fully saturated rings. The lowest BCUT2D eigenvalue weighted by Gasteiger charge is -2.05. The lowest BCUT2D eigenvalue weighted by atomic mass is 10.2. The molecule has 114 valence electrons. The Bertz CT molecular complexity index is 741. The average molecular weight is 312 g/mol. The third kappa shape index (κ3) is 3.14. The molecule has 2 aromatic rings. The van der Waals surface area contributed by atoms with Gasteiger partial charge in [-0.2, -0.15) is 5.10 Å². The molecule has 0 radical (unpaired) electrons. The van der Waals surface area contributed by atoms with Crippen LogP contribution in [0.4, 0.5) is 0 Å². The summed E-state index contributed by atoms with van der Waals surface area (Å²) in [6, 6.07) is 1.23. The van der Waals surface area contributed by atoms with Crippen molar-refractivity contribution in [1.82, 2.24) is 19.9 Å². The summed E-state index contributed by atoms with van der Waals surface area (Å²) >= 11 is 0. The van der Waals surface area contributed by atoms with Crippen LogP contribution in [0.15, 0.2) is 17.2 Å². The first kappa shape index (κ1) is 15.3. The maximum absolute atomic E-state index is 12.2. The van der Waals surface area contributed by atoms with E-state index in [4.69, 9.17) is 0 Å². The summed E-state index contributed by atoms with van der Waals surface area (Å²) in [6.45, 7) is 3.73. The number of carbonyl (C=O) groups excluding carboxylic acids is 1. The Morgan fingerprint density at radius 3 is 2.71 bits per heavy atom. The Kier molecular flexibility index (Phi) is 4.14. The van der Waals surface area contributed by atoms with E-state index in [1.165, 1.54) is 19.4 Å². The summed E-state index contributed by atoms with van der Waals surface area (Å²) in [5.74, 6) is -0.627. The molecule has 8 nitrogen and oxygen atoms in total. The topological polar surface area (TPSA) is 117 Å². The quantitative estimate of drug-likeness (QED) is 0.700. The zero-order valence-electron chi connectivity index (χ0n) is 11.9. The number of hydrogen-bond donors (Lipinski definition) is 3. The van der Waals surface area contributed by atoms with Crippen LogP contribution in [0.1, 0.15) is 27.4 Å². The van der Waals surface area contributed by atoms with Gasteiger partial charge in [-0.3, -0.25) is 5.10 Å². The fraction of sp³-hybridized carbons (Fsp3) is 0.333. The molecule has 0 spiro atoms. The molecule has 3 N–H and O–H groups in total. The zero-order valence-corrected chi connectivity index (χ0v) is 12.7. The number of aryl methyl sites for hydroxylation is 2. The minimum Gasteiger partial charge on any atom is -0.464 e. The van der Waals surface area contributed by atoms with Gasteiger partial charge in [0.1, 0.15) is 10.6 Å². The van der Waals surface area contributed by atoms with Crippen LogP contribution in [0.3, 0.4) is 0 Å². The molecule has 0 aliphatic heterocycles. The fourth-order valence-electron chi connectivity index (χ4n) is 1.84. The van der Waals surface area contributed by atoms with Gasteiger partial charge < -0.3 is 9.72 Å². The largest absolute Gasteiger partial charge is 0.464 e. The van der Waals surface area contributed by atoms with Crippen molar-refractivity contribution >= 4 is 16.0 Å². The van der Waals surface area contributed by atoms with Crippen molar-refractivity contribution in [3.63, 3.8) is 0 Å². The van der Waals surface area contributed by atoms with Gasteiger partial charge in [0.15, 0.2) is 0 Å². The van der Waals surface area contributed by atoms with Crippen LogP contribution in [-0.2, 0) is 21.3 Å². The smallest absolute Gasteiger partial charge is 0.354 e. The van der Waals surface area contributed by atoms with E-state index in [1.54, 1.807) is 6.92 Å². The predicted octanol–water partition coefficient (Wildman–Crippen LogP) is 0.620. The van der Waals surface area contributed by atoms with Crippen molar-refractivity contribution in [2.24, 2.45) is 0 Å². The van der Waals surface area contributed by atoms with Crippen LogP contribution in [-0.4, -0.2) is 36.7 Å². The van der Waals surface area contributed by atoms with Gasteiger partial charge in [0.2, 0.25) is 10.0 Å². The molecule has 2 aromatic heterocycles. The van der Waals surface area contributed by atoms with Crippen molar-refractivity contribution in [1.29, 1.82) is 0 Å². The molecule has 0 amide bonds. The molecule has 0 saturated carbocycles. The summed E-state index contributed by atoms with van der Waals surface area (Å²) in [5, 5.41) is 6.79. The molecule has 21 heavy (non-hydrogen) atoms. The van der Waals surface area contributed by atoms with Crippen LogP contribution >= 0.6 is 0 Å². The standard InChI is InChI=1S/C12H16N4O4S/c1-7-10(8(2)16-15-7)6-14-21(18,19)9-4-11(13-5-9)12(17)20-3/h4-5,13-14H,6H2,1-3H3,(H,15,16). The molecule has 0 aliphatic carbocycles. The number of aromatic amines is 2. The fourth-order valence-corrected chi connectivity index (χ4v) is 2.83. The number of carbonyl (C=O) groups is 1. The number of rotatable bonds is 5. The van der Waals surface area contributed by atoms with E-state index in [-0.39, 0.29) is 17.1 Å². The van der Waals surface area contributed by atoms with Crippen LogP contribution < -0.4 is 4.72 Å². The highest BCUT2D eigenvalue weighted by Crippen LogP contribution is 2.14. The minimum atomic E-state index is -3.72. The molecule has 0 saturated heterocycles. The van der Waals surface area contributed by atoms with Crippen molar-refractivity contribution < 1.29 is 17.9 Å². The second-order valence-electron chi connectivity index (χ2n) is 4.48. The number of ether oxygens (including phenoxy) is 1. The molecular weight excluding hydrogens is 296 g/mol. The zero-order chi connectivity index (χ0) is 15.6.